The van der Waals surface area contributed by atoms with Gasteiger partial charge in [-0.15, -0.1) is 0 Å². The van der Waals surface area contributed by atoms with Crippen molar-refractivity contribution in [2.24, 2.45) is 0 Å². The summed E-state index contributed by atoms with van der Waals surface area (Å²) in [6, 6.07) is 5.26. The zero-order valence-electron chi connectivity index (χ0n) is 8.78. The van der Waals surface area contributed by atoms with Gasteiger partial charge in [-0.3, -0.25) is 10.1 Å². The molecule has 1 aromatic rings. The molecule has 1 aliphatic rings. The Morgan fingerprint density at radius 2 is 2.31 bits per heavy atom. The first-order valence-corrected chi connectivity index (χ1v) is 6.13. The summed E-state index contributed by atoms with van der Waals surface area (Å²) in [4.78, 5) is 10.5. The fourth-order valence-electron chi connectivity index (χ4n) is 2.11. The third-order valence-corrected chi connectivity index (χ3v) is 3.81. The van der Waals surface area contributed by atoms with Crippen LogP contribution in [0.4, 0.5) is 5.69 Å². The Balaban J connectivity index is 2.33. The molecule has 1 aromatic carbocycles. The van der Waals surface area contributed by atoms with E-state index < -0.39 is 0 Å². The molecule has 1 atom stereocenters. The number of nitro groups is 1. The van der Waals surface area contributed by atoms with Gasteiger partial charge in [-0.1, -0.05) is 12.1 Å². The van der Waals surface area contributed by atoms with Crippen molar-refractivity contribution < 1.29 is 4.92 Å². The van der Waals surface area contributed by atoms with E-state index in [1.54, 1.807) is 6.07 Å². The summed E-state index contributed by atoms with van der Waals surface area (Å²) in [5.74, 6) is 0.378. The third kappa shape index (κ3) is 2.25. The molecule has 0 aliphatic carbocycles. The van der Waals surface area contributed by atoms with Gasteiger partial charge < -0.3 is 5.32 Å². The monoisotopic (exact) mass is 284 g/mol. The van der Waals surface area contributed by atoms with Crippen LogP contribution in [0.2, 0.25) is 0 Å². The van der Waals surface area contributed by atoms with E-state index in [2.05, 4.69) is 21.2 Å². The lowest BCUT2D eigenvalue weighted by atomic mass is 9.91. The van der Waals surface area contributed by atoms with Crippen molar-refractivity contribution in [3.8, 4) is 0 Å². The lowest BCUT2D eigenvalue weighted by Crippen LogP contribution is -2.28. The molecule has 0 bridgehead atoms. The van der Waals surface area contributed by atoms with Crippen molar-refractivity contribution >= 4 is 21.6 Å². The van der Waals surface area contributed by atoms with E-state index in [-0.39, 0.29) is 10.6 Å². The lowest BCUT2D eigenvalue weighted by Gasteiger charge is -2.23. The molecule has 5 heteroatoms. The zero-order valence-corrected chi connectivity index (χ0v) is 10.4. The van der Waals surface area contributed by atoms with Crippen LogP contribution in [0.1, 0.15) is 24.3 Å². The number of nitro benzene ring substituents is 1. The topological polar surface area (TPSA) is 55.2 Å². The van der Waals surface area contributed by atoms with Gasteiger partial charge >= 0.3 is 0 Å². The van der Waals surface area contributed by atoms with E-state index in [1.807, 2.05) is 6.07 Å². The molecule has 86 valence electrons. The van der Waals surface area contributed by atoms with Gasteiger partial charge in [0, 0.05) is 12.6 Å². The van der Waals surface area contributed by atoms with Gasteiger partial charge in [0.1, 0.15) is 0 Å². The van der Waals surface area contributed by atoms with Gasteiger partial charge in [-0.2, -0.15) is 0 Å². The molecule has 1 saturated heterocycles. The summed E-state index contributed by atoms with van der Waals surface area (Å²) in [7, 11) is 0. The summed E-state index contributed by atoms with van der Waals surface area (Å²) >= 11 is 3.35. The standard InChI is InChI=1S/C11H13BrN2O2/c12-11-9(8-3-2-6-13-7-8)4-1-5-10(11)14(15)16/h1,4-5,8,13H,2-3,6-7H2. The minimum absolute atomic E-state index is 0.156. The Kier molecular flexibility index (Phi) is 3.56. The Hall–Kier alpha value is -0.940. The van der Waals surface area contributed by atoms with Crippen LogP contribution in [0.25, 0.3) is 0 Å². The predicted molar refractivity (Wildman–Crippen MR) is 65.6 cm³/mol. The number of hydrogen-bond acceptors (Lipinski definition) is 3. The van der Waals surface area contributed by atoms with E-state index in [4.69, 9.17) is 0 Å². The van der Waals surface area contributed by atoms with Crippen LogP contribution >= 0.6 is 15.9 Å². The Bertz CT molecular complexity index is 403. The maximum atomic E-state index is 10.8. The summed E-state index contributed by atoms with van der Waals surface area (Å²) < 4.78 is 0.633. The second kappa shape index (κ2) is 4.93. The SMILES string of the molecule is O=[N+]([O-])c1cccc(C2CCCNC2)c1Br. The molecule has 0 radical (unpaired) electrons. The zero-order chi connectivity index (χ0) is 11.5. The summed E-state index contributed by atoms with van der Waals surface area (Å²) in [5, 5.41) is 14.1. The van der Waals surface area contributed by atoms with E-state index in [9.17, 15) is 10.1 Å². The van der Waals surface area contributed by atoms with Crippen molar-refractivity contribution in [2.75, 3.05) is 13.1 Å². The van der Waals surface area contributed by atoms with E-state index in [0.717, 1.165) is 31.5 Å². The van der Waals surface area contributed by atoms with Gasteiger partial charge in [0.15, 0.2) is 0 Å². The van der Waals surface area contributed by atoms with E-state index in [1.165, 1.54) is 6.07 Å². The summed E-state index contributed by atoms with van der Waals surface area (Å²) in [6.07, 6.45) is 2.21. The maximum Gasteiger partial charge on any atom is 0.283 e. The average molecular weight is 285 g/mol. The van der Waals surface area contributed by atoms with Gasteiger partial charge in [0.25, 0.3) is 5.69 Å². The van der Waals surface area contributed by atoms with Crippen LogP contribution in [-0.4, -0.2) is 18.0 Å². The first-order valence-electron chi connectivity index (χ1n) is 5.33. The fraction of sp³-hybridized carbons (Fsp3) is 0.455. The predicted octanol–water partition coefficient (Wildman–Crippen LogP) is 2.82. The number of rotatable bonds is 2. The first-order chi connectivity index (χ1) is 7.70. The van der Waals surface area contributed by atoms with Crippen LogP contribution in [0, 0.1) is 10.1 Å². The van der Waals surface area contributed by atoms with Crippen molar-refractivity contribution in [3.05, 3.63) is 38.3 Å². The second-order valence-corrected chi connectivity index (χ2v) is 4.77. The molecule has 16 heavy (non-hydrogen) atoms. The lowest BCUT2D eigenvalue weighted by molar-refractivity contribution is -0.385. The third-order valence-electron chi connectivity index (χ3n) is 2.94. The van der Waals surface area contributed by atoms with Gasteiger partial charge in [-0.05, 0) is 46.8 Å². The fourth-order valence-corrected chi connectivity index (χ4v) is 2.84. The molecule has 1 heterocycles. The molecular formula is C11H13BrN2O2. The molecule has 1 N–H and O–H groups in total. The highest BCUT2D eigenvalue weighted by molar-refractivity contribution is 9.10. The minimum Gasteiger partial charge on any atom is -0.316 e. The molecule has 1 unspecified atom stereocenters. The van der Waals surface area contributed by atoms with E-state index >= 15 is 0 Å². The molecule has 0 spiro atoms. The normalized spacial score (nSPS) is 20.7. The molecule has 4 nitrogen and oxygen atoms in total. The number of nitrogens with one attached hydrogen (secondary N) is 1. The number of piperidine rings is 1. The Morgan fingerprint density at radius 1 is 1.50 bits per heavy atom. The highest BCUT2D eigenvalue weighted by atomic mass is 79.9. The van der Waals surface area contributed by atoms with Crippen LogP contribution in [-0.2, 0) is 0 Å². The quantitative estimate of drug-likeness (QED) is 0.671. The summed E-state index contributed by atoms with van der Waals surface area (Å²) in [5.41, 5.74) is 1.20. The van der Waals surface area contributed by atoms with Gasteiger partial charge in [0.2, 0.25) is 0 Å². The van der Waals surface area contributed by atoms with Gasteiger partial charge in [-0.25, -0.2) is 0 Å². The number of hydrogen-bond donors (Lipinski definition) is 1. The van der Waals surface area contributed by atoms with Crippen molar-refractivity contribution in [1.82, 2.24) is 5.32 Å². The first kappa shape index (κ1) is 11.5. The highest BCUT2D eigenvalue weighted by Gasteiger charge is 2.22. The van der Waals surface area contributed by atoms with E-state index in [0.29, 0.717) is 10.4 Å². The number of benzene rings is 1. The van der Waals surface area contributed by atoms with Crippen molar-refractivity contribution in [3.63, 3.8) is 0 Å². The molecule has 2 rings (SSSR count). The van der Waals surface area contributed by atoms with Crippen molar-refractivity contribution in [2.45, 2.75) is 18.8 Å². The smallest absolute Gasteiger partial charge is 0.283 e. The minimum atomic E-state index is -0.343. The maximum absolute atomic E-state index is 10.8. The summed E-state index contributed by atoms with van der Waals surface area (Å²) in [6.45, 7) is 1.95. The molecule has 0 saturated carbocycles. The molecule has 0 amide bonds. The largest absolute Gasteiger partial charge is 0.316 e. The van der Waals surface area contributed by atoms with Crippen LogP contribution in [0.5, 0.6) is 0 Å². The number of nitrogens with zero attached hydrogens (tertiary/aromatic N) is 1. The van der Waals surface area contributed by atoms with Gasteiger partial charge in [0.05, 0.1) is 9.40 Å². The number of halogens is 1. The Morgan fingerprint density at radius 3 is 2.94 bits per heavy atom. The van der Waals surface area contributed by atoms with Crippen LogP contribution < -0.4 is 5.32 Å². The average Bonchev–Trinajstić information content (AvgIpc) is 2.30. The van der Waals surface area contributed by atoms with Crippen molar-refractivity contribution in [1.29, 1.82) is 0 Å². The molecule has 0 aromatic heterocycles. The second-order valence-electron chi connectivity index (χ2n) is 3.98. The van der Waals surface area contributed by atoms with Crippen LogP contribution in [0.3, 0.4) is 0 Å². The molecule has 1 aliphatic heterocycles. The highest BCUT2D eigenvalue weighted by Crippen LogP contribution is 2.35. The Labute approximate surface area is 102 Å². The molecule has 1 fully saturated rings. The van der Waals surface area contributed by atoms with Crippen LogP contribution in [0.15, 0.2) is 22.7 Å². The molecular weight excluding hydrogens is 272 g/mol.